The summed E-state index contributed by atoms with van der Waals surface area (Å²) in [6.45, 7) is 3.88. The summed E-state index contributed by atoms with van der Waals surface area (Å²) >= 11 is 0. The van der Waals surface area contributed by atoms with Crippen molar-refractivity contribution >= 4 is 22.9 Å². The quantitative estimate of drug-likeness (QED) is 0.395. The largest absolute Gasteiger partial charge is 0.326 e. The predicted octanol–water partition coefficient (Wildman–Crippen LogP) is 2.29. The van der Waals surface area contributed by atoms with Gasteiger partial charge in [0.1, 0.15) is 0 Å². The fourth-order valence-electron chi connectivity index (χ4n) is 4.00. The fourth-order valence-corrected chi connectivity index (χ4v) is 4.00. The van der Waals surface area contributed by atoms with Crippen molar-refractivity contribution in [3.8, 4) is 22.5 Å². The highest BCUT2D eigenvalue weighted by molar-refractivity contribution is 5.93. The molecule has 5 rings (SSSR count). The van der Waals surface area contributed by atoms with Crippen molar-refractivity contribution in [2.75, 3.05) is 25.0 Å². The van der Waals surface area contributed by atoms with Crippen molar-refractivity contribution < 1.29 is 4.79 Å². The molecule has 31 heavy (non-hydrogen) atoms. The zero-order valence-electron chi connectivity index (χ0n) is 17.2. The number of likely N-dealkylation sites (tertiary alicyclic amines) is 1. The van der Waals surface area contributed by atoms with Crippen LogP contribution in [0, 0.1) is 6.92 Å². The predicted molar refractivity (Wildman–Crippen MR) is 119 cm³/mol. The molecule has 1 atom stereocenters. The Hall–Kier alpha value is -3.56. The van der Waals surface area contributed by atoms with Crippen LogP contribution in [0.25, 0.3) is 33.5 Å². The lowest BCUT2D eigenvalue weighted by atomic mass is 10.0. The second-order valence-electron chi connectivity index (χ2n) is 7.97. The van der Waals surface area contributed by atoms with Gasteiger partial charge in [0.25, 0.3) is 0 Å². The number of nitrogens with two attached hydrogens (primary N) is 1. The summed E-state index contributed by atoms with van der Waals surface area (Å²) in [6.07, 6.45) is 2.72. The van der Waals surface area contributed by atoms with E-state index in [1.54, 1.807) is 6.20 Å². The summed E-state index contributed by atoms with van der Waals surface area (Å²) in [5, 5.41) is 10.1. The molecule has 0 spiro atoms. The van der Waals surface area contributed by atoms with E-state index in [0.29, 0.717) is 12.5 Å². The summed E-state index contributed by atoms with van der Waals surface area (Å²) in [7, 11) is 0. The van der Waals surface area contributed by atoms with E-state index < -0.39 is 0 Å². The third-order valence-electron chi connectivity index (χ3n) is 5.51. The number of benzene rings is 1. The van der Waals surface area contributed by atoms with Gasteiger partial charge in [0.15, 0.2) is 0 Å². The van der Waals surface area contributed by atoms with Gasteiger partial charge in [-0.15, -0.1) is 0 Å². The average Bonchev–Trinajstić information content (AvgIpc) is 3.46. The summed E-state index contributed by atoms with van der Waals surface area (Å²) in [4.78, 5) is 26.7. The van der Waals surface area contributed by atoms with E-state index in [-0.39, 0.29) is 11.9 Å². The fraction of sp³-hybridized carbons (Fsp3) is 0.273. The minimum absolute atomic E-state index is 0.101. The first-order chi connectivity index (χ1) is 15.0. The molecule has 1 unspecified atom stereocenters. The van der Waals surface area contributed by atoms with Crippen LogP contribution in [0.5, 0.6) is 0 Å². The number of nitrogens with zero attached hydrogens (tertiary/aromatic N) is 4. The van der Waals surface area contributed by atoms with Gasteiger partial charge < -0.3 is 10.7 Å². The van der Waals surface area contributed by atoms with E-state index in [0.717, 1.165) is 58.8 Å². The van der Waals surface area contributed by atoms with Crippen molar-refractivity contribution in [1.82, 2.24) is 30.0 Å². The van der Waals surface area contributed by atoms with Gasteiger partial charge in [-0.3, -0.25) is 25.1 Å². The Balaban J connectivity index is 1.37. The Labute approximate surface area is 179 Å². The zero-order valence-corrected chi connectivity index (χ0v) is 17.2. The number of carbonyl (C=O) groups excluding carboxylic acids is 1. The number of aryl methyl sites for hydroxylation is 1. The van der Waals surface area contributed by atoms with Gasteiger partial charge in [-0.05, 0) is 43.2 Å². The van der Waals surface area contributed by atoms with Gasteiger partial charge >= 0.3 is 0 Å². The van der Waals surface area contributed by atoms with Crippen LogP contribution in [-0.4, -0.2) is 61.6 Å². The Bertz CT molecular complexity index is 1240. The van der Waals surface area contributed by atoms with E-state index in [1.807, 2.05) is 43.3 Å². The van der Waals surface area contributed by atoms with Crippen molar-refractivity contribution in [3.63, 3.8) is 0 Å². The molecule has 1 aromatic carbocycles. The molecule has 3 aromatic heterocycles. The first kappa shape index (κ1) is 19.4. The summed E-state index contributed by atoms with van der Waals surface area (Å²) in [5.74, 6) is 0.337. The Kier molecular flexibility index (Phi) is 4.97. The molecular weight excluding hydrogens is 392 g/mol. The van der Waals surface area contributed by atoms with Gasteiger partial charge in [0.2, 0.25) is 11.9 Å². The maximum atomic E-state index is 12.4. The van der Waals surface area contributed by atoms with Crippen LogP contribution in [0.3, 0.4) is 0 Å². The molecule has 0 saturated carbocycles. The monoisotopic (exact) mass is 416 g/mol. The van der Waals surface area contributed by atoms with Gasteiger partial charge in [-0.1, -0.05) is 12.1 Å². The molecule has 4 aromatic rings. The molecule has 0 bridgehead atoms. The number of rotatable bonds is 5. The number of nitrogens with one attached hydrogen (secondary N) is 3. The lowest BCUT2D eigenvalue weighted by Gasteiger charge is -2.13. The number of H-pyrrole nitrogens is 2. The number of imidazole rings is 1. The van der Waals surface area contributed by atoms with Crippen LogP contribution in [0.4, 0.5) is 5.95 Å². The van der Waals surface area contributed by atoms with Crippen LogP contribution in [-0.2, 0) is 4.79 Å². The molecule has 1 amide bonds. The highest BCUT2D eigenvalue weighted by Crippen LogP contribution is 2.31. The topological polar surface area (TPSA) is 129 Å². The molecule has 9 nitrogen and oxygen atoms in total. The molecule has 0 aliphatic carbocycles. The van der Waals surface area contributed by atoms with Crippen molar-refractivity contribution in [1.29, 1.82) is 0 Å². The first-order valence-corrected chi connectivity index (χ1v) is 10.3. The van der Waals surface area contributed by atoms with Crippen LogP contribution >= 0.6 is 0 Å². The Morgan fingerprint density at radius 1 is 1.29 bits per heavy atom. The standard InChI is InChI=1S/C22H24N8O/c1-13-3-2-4-18(25-13)21-16(10-24-29-21)14-5-6-17-19(9-14)27-22(26-17)28-20(31)12-30-8-7-15(23)11-30/h2-6,9-10,15H,7-8,11-12,23H2,1H3,(H,24,29)(H2,26,27,28,31). The minimum atomic E-state index is -0.101. The number of fused-ring (bicyclic) bond motifs is 1. The Morgan fingerprint density at radius 3 is 3.00 bits per heavy atom. The normalized spacial score (nSPS) is 16.8. The summed E-state index contributed by atoms with van der Waals surface area (Å²) in [6, 6.07) is 12.0. The van der Waals surface area contributed by atoms with Crippen molar-refractivity contribution in [2.45, 2.75) is 19.4 Å². The molecule has 1 aliphatic rings. The second kappa shape index (κ2) is 7.93. The molecule has 1 fully saturated rings. The van der Waals surface area contributed by atoms with Gasteiger partial charge in [0.05, 0.1) is 35.2 Å². The molecule has 5 N–H and O–H groups in total. The number of hydrogen-bond donors (Lipinski definition) is 4. The number of hydrogen-bond acceptors (Lipinski definition) is 6. The third kappa shape index (κ3) is 4.05. The van der Waals surface area contributed by atoms with Crippen LogP contribution < -0.4 is 11.1 Å². The highest BCUT2D eigenvalue weighted by atomic mass is 16.2. The number of carbonyl (C=O) groups is 1. The van der Waals surface area contributed by atoms with Crippen molar-refractivity contribution in [2.24, 2.45) is 5.73 Å². The average molecular weight is 416 g/mol. The van der Waals surface area contributed by atoms with Crippen LogP contribution in [0.2, 0.25) is 0 Å². The zero-order chi connectivity index (χ0) is 21.4. The Morgan fingerprint density at radius 2 is 2.19 bits per heavy atom. The SMILES string of the molecule is Cc1cccc(-c2[nH]ncc2-c2ccc3nc(NC(=O)CN4CCC(N)C4)[nH]c3c2)n1. The van der Waals surface area contributed by atoms with Crippen LogP contribution in [0.15, 0.2) is 42.6 Å². The summed E-state index contributed by atoms with van der Waals surface area (Å²) < 4.78 is 0. The maximum absolute atomic E-state index is 12.4. The molecule has 1 saturated heterocycles. The smallest absolute Gasteiger partial charge is 0.240 e. The maximum Gasteiger partial charge on any atom is 0.240 e. The lowest BCUT2D eigenvalue weighted by Crippen LogP contribution is -2.33. The molecule has 9 heteroatoms. The number of anilines is 1. The minimum Gasteiger partial charge on any atom is -0.326 e. The third-order valence-corrected chi connectivity index (χ3v) is 5.51. The van der Waals surface area contributed by atoms with E-state index in [9.17, 15) is 4.79 Å². The number of aromatic amines is 2. The van der Waals surface area contributed by atoms with E-state index in [2.05, 4.69) is 35.4 Å². The highest BCUT2D eigenvalue weighted by Gasteiger charge is 2.21. The molecule has 0 radical (unpaired) electrons. The second-order valence-corrected chi connectivity index (χ2v) is 7.97. The first-order valence-electron chi connectivity index (χ1n) is 10.3. The van der Waals surface area contributed by atoms with E-state index >= 15 is 0 Å². The molecule has 158 valence electrons. The molecule has 1 aliphatic heterocycles. The van der Waals surface area contributed by atoms with Gasteiger partial charge in [-0.2, -0.15) is 5.10 Å². The number of amides is 1. The summed E-state index contributed by atoms with van der Waals surface area (Å²) in [5.41, 5.74) is 12.1. The van der Waals surface area contributed by atoms with E-state index in [4.69, 9.17) is 5.73 Å². The number of aromatic nitrogens is 5. The van der Waals surface area contributed by atoms with Crippen molar-refractivity contribution in [3.05, 3.63) is 48.3 Å². The molecule has 4 heterocycles. The van der Waals surface area contributed by atoms with Gasteiger partial charge in [0, 0.05) is 30.4 Å². The van der Waals surface area contributed by atoms with Crippen LogP contribution in [0.1, 0.15) is 12.1 Å². The molecular formula is C22H24N8O. The van der Waals surface area contributed by atoms with E-state index in [1.165, 1.54) is 0 Å². The lowest BCUT2D eigenvalue weighted by molar-refractivity contribution is -0.117. The van der Waals surface area contributed by atoms with Gasteiger partial charge in [-0.25, -0.2) is 4.98 Å². The number of pyridine rings is 1.